The van der Waals surface area contributed by atoms with Crippen LogP contribution in [-0.4, -0.2) is 9.97 Å². The monoisotopic (exact) mass is 120 g/mol. The van der Waals surface area contributed by atoms with Crippen LogP contribution in [0.1, 0.15) is 5.56 Å². The molecule has 0 N–H and O–H groups in total. The molecule has 1 radical (unpaired) electrons. The maximum atomic E-state index is 10.2. The standard InChI is InChI=1S/C5H2N3O/c6-1-4-2-7-5(9)8-3-4/h2-3H. The SMILES string of the molecule is N#Cc1cnc([O])nc1. The van der Waals surface area contributed by atoms with E-state index < -0.39 is 6.01 Å². The van der Waals surface area contributed by atoms with Crippen LogP contribution in [0, 0.1) is 11.3 Å². The summed E-state index contributed by atoms with van der Waals surface area (Å²) in [4.78, 5) is 6.52. The first-order chi connectivity index (χ1) is 4.33. The van der Waals surface area contributed by atoms with Crippen molar-refractivity contribution in [3.05, 3.63) is 18.0 Å². The van der Waals surface area contributed by atoms with E-state index in [-0.39, 0.29) is 0 Å². The predicted octanol–water partition coefficient (Wildman–Crippen LogP) is 0.492. The maximum absolute atomic E-state index is 10.2. The van der Waals surface area contributed by atoms with Crippen molar-refractivity contribution >= 4 is 0 Å². The zero-order valence-electron chi connectivity index (χ0n) is 4.40. The highest BCUT2D eigenvalue weighted by Gasteiger charge is 1.92. The number of aromatic nitrogens is 2. The molecule has 0 aliphatic rings. The first-order valence-corrected chi connectivity index (χ1v) is 2.22. The van der Waals surface area contributed by atoms with E-state index in [0.717, 1.165) is 0 Å². The quantitative estimate of drug-likeness (QED) is 0.500. The molecule has 1 aromatic rings. The second-order valence-electron chi connectivity index (χ2n) is 1.37. The van der Waals surface area contributed by atoms with E-state index in [0.29, 0.717) is 5.56 Å². The van der Waals surface area contributed by atoms with Crippen molar-refractivity contribution in [3.8, 4) is 12.1 Å². The van der Waals surface area contributed by atoms with Gasteiger partial charge in [-0.1, -0.05) is 0 Å². The molecule has 1 aromatic heterocycles. The molecule has 0 atom stereocenters. The summed E-state index contributed by atoms with van der Waals surface area (Å²) in [5.74, 6) is 0. The van der Waals surface area contributed by atoms with E-state index in [1.165, 1.54) is 12.4 Å². The first kappa shape index (κ1) is 5.51. The second kappa shape index (κ2) is 2.09. The maximum Gasteiger partial charge on any atom is 0.367 e. The lowest BCUT2D eigenvalue weighted by atomic mass is 10.4. The molecule has 0 bridgehead atoms. The summed E-state index contributed by atoms with van der Waals surface area (Å²) in [7, 11) is 0. The Morgan fingerprint density at radius 3 is 2.44 bits per heavy atom. The molecule has 0 saturated heterocycles. The summed E-state index contributed by atoms with van der Waals surface area (Å²) in [5.41, 5.74) is 0.301. The Kier molecular flexibility index (Phi) is 1.28. The molecule has 1 heterocycles. The van der Waals surface area contributed by atoms with Crippen LogP contribution in [-0.2, 0) is 5.11 Å². The average molecular weight is 120 g/mol. The molecule has 43 valence electrons. The van der Waals surface area contributed by atoms with Gasteiger partial charge in [0.2, 0.25) is 0 Å². The Balaban J connectivity index is 3.06. The molecule has 0 aromatic carbocycles. The Labute approximate surface area is 51.4 Å². The lowest BCUT2D eigenvalue weighted by Crippen LogP contribution is -1.80. The van der Waals surface area contributed by atoms with E-state index in [1.807, 2.05) is 0 Å². The fourth-order valence-electron chi connectivity index (χ4n) is 0.374. The minimum Gasteiger partial charge on any atom is -0.244 e. The summed E-state index contributed by atoms with van der Waals surface area (Å²) in [6, 6.07) is 1.23. The molecule has 9 heavy (non-hydrogen) atoms. The van der Waals surface area contributed by atoms with Crippen molar-refractivity contribution in [1.82, 2.24) is 9.97 Å². The van der Waals surface area contributed by atoms with Gasteiger partial charge >= 0.3 is 6.01 Å². The molecule has 0 saturated carbocycles. The van der Waals surface area contributed by atoms with Crippen LogP contribution in [0.25, 0.3) is 0 Å². The zero-order chi connectivity index (χ0) is 6.69. The minimum absolute atomic E-state index is 0.301. The van der Waals surface area contributed by atoms with Gasteiger partial charge in [0.25, 0.3) is 0 Å². The van der Waals surface area contributed by atoms with Gasteiger partial charge in [-0.3, -0.25) is 0 Å². The molecule has 4 nitrogen and oxygen atoms in total. The van der Waals surface area contributed by atoms with Gasteiger partial charge in [0.15, 0.2) is 0 Å². The summed E-state index contributed by atoms with van der Waals surface area (Å²) in [5, 5.41) is 18.4. The van der Waals surface area contributed by atoms with E-state index in [1.54, 1.807) is 6.07 Å². The van der Waals surface area contributed by atoms with Crippen LogP contribution in [0.15, 0.2) is 12.4 Å². The zero-order valence-corrected chi connectivity index (χ0v) is 4.40. The van der Waals surface area contributed by atoms with Gasteiger partial charge in [-0.2, -0.15) is 15.2 Å². The molecule has 1 rings (SSSR count). The lowest BCUT2D eigenvalue weighted by molar-refractivity contribution is 0.319. The highest BCUT2D eigenvalue weighted by Crippen LogP contribution is 1.97. The van der Waals surface area contributed by atoms with Crippen molar-refractivity contribution in [3.63, 3.8) is 0 Å². The molecule has 0 fully saturated rings. The molecular formula is C5H2N3O. The molecule has 0 spiro atoms. The number of nitriles is 1. The Bertz CT molecular complexity index is 235. The topological polar surface area (TPSA) is 69.5 Å². The van der Waals surface area contributed by atoms with Gasteiger partial charge in [-0.25, -0.2) is 5.11 Å². The van der Waals surface area contributed by atoms with E-state index in [9.17, 15) is 5.11 Å². The first-order valence-electron chi connectivity index (χ1n) is 2.22. The van der Waals surface area contributed by atoms with Crippen molar-refractivity contribution in [1.29, 1.82) is 5.26 Å². The molecule has 0 amide bonds. The highest BCUT2D eigenvalue weighted by atomic mass is 16.3. The van der Waals surface area contributed by atoms with E-state index in [4.69, 9.17) is 5.26 Å². The predicted molar refractivity (Wildman–Crippen MR) is 26.9 cm³/mol. The molecular weight excluding hydrogens is 118 g/mol. The highest BCUT2D eigenvalue weighted by molar-refractivity contribution is 5.22. The summed E-state index contributed by atoms with van der Waals surface area (Å²) >= 11 is 0. The number of rotatable bonds is 0. The lowest BCUT2D eigenvalue weighted by Gasteiger charge is -1.82. The van der Waals surface area contributed by atoms with Gasteiger partial charge in [-0.15, -0.1) is 0 Å². The van der Waals surface area contributed by atoms with Gasteiger partial charge in [0.1, 0.15) is 6.07 Å². The van der Waals surface area contributed by atoms with Crippen LogP contribution in [0.3, 0.4) is 0 Å². The number of nitrogens with zero attached hydrogens (tertiary/aromatic N) is 3. The minimum atomic E-state index is -0.561. The van der Waals surface area contributed by atoms with Crippen molar-refractivity contribution in [2.75, 3.05) is 0 Å². The van der Waals surface area contributed by atoms with Gasteiger partial charge in [0.05, 0.1) is 18.0 Å². The molecule has 0 aliphatic heterocycles. The normalized spacial score (nSPS) is 8.33. The van der Waals surface area contributed by atoms with Crippen LogP contribution >= 0.6 is 0 Å². The van der Waals surface area contributed by atoms with Crippen molar-refractivity contribution < 1.29 is 5.11 Å². The van der Waals surface area contributed by atoms with Crippen molar-refractivity contribution in [2.45, 2.75) is 0 Å². The Hall–Kier alpha value is -1.63. The number of hydrogen-bond acceptors (Lipinski definition) is 3. The Morgan fingerprint density at radius 1 is 1.44 bits per heavy atom. The van der Waals surface area contributed by atoms with Crippen molar-refractivity contribution in [2.24, 2.45) is 0 Å². The average Bonchev–Trinajstić information content (AvgIpc) is 1.90. The third-order valence-electron chi connectivity index (χ3n) is 0.757. The van der Waals surface area contributed by atoms with E-state index >= 15 is 0 Å². The van der Waals surface area contributed by atoms with Crippen LogP contribution in [0.2, 0.25) is 0 Å². The fraction of sp³-hybridized carbons (Fsp3) is 0. The van der Waals surface area contributed by atoms with Crippen LogP contribution in [0.4, 0.5) is 0 Å². The third-order valence-corrected chi connectivity index (χ3v) is 0.757. The van der Waals surface area contributed by atoms with Gasteiger partial charge < -0.3 is 0 Å². The Morgan fingerprint density at radius 2 is 2.00 bits per heavy atom. The number of hydrogen-bond donors (Lipinski definition) is 0. The third kappa shape index (κ3) is 1.13. The largest absolute Gasteiger partial charge is 0.367 e. The second-order valence-corrected chi connectivity index (χ2v) is 1.37. The summed E-state index contributed by atoms with van der Waals surface area (Å²) < 4.78 is 0. The summed E-state index contributed by atoms with van der Waals surface area (Å²) in [6.07, 6.45) is 2.38. The van der Waals surface area contributed by atoms with Crippen LogP contribution in [0.5, 0.6) is 6.01 Å². The van der Waals surface area contributed by atoms with Gasteiger partial charge in [0, 0.05) is 0 Å². The molecule has 0 aliphatic carbocycles. The fourth-order valence-corrected chi connectivity index (χ4v) is 0.374. The van der Waals surface area contributed by atoms with Gasteiger partial charge in [-0.05, 0) is 0 Å². The molecule has 4 heteroatoms. The van der Waals surface area contributed by atoms with E-state index in [2.05, 4.69) is 9.97 Å². The summed E-state index contributed by atoms with van der Waals surface area (Å²) in [6.45, 7) is 0. The van der Waals surface area contributed by atoms with Crippen LogP contribution < -0.4 is 0 Å². The smallest absolute Gasteiger partial charge is 0.244 e. The molecule has 0 unspecified atom stereocenters.